The van der Waals surface area contributed by atoms with Crippen molar-refractivity contribution in [3.63, 3.8) is 0 Å². The molecule has 1 aromatic heterocycles. The van der Waals surface area contributed by atoms with Crippen LogP contribution in [0.4, 0.5) is 0 Å². The third-order valence-corrected chi connectivity index (χ3v) is 7.23. The van der Waals surface area contributed by atoms with Crippen LogP contribution < -0.4 is 4.74 Å². The number of hydrogen-bond donors (Lipinski definition) is 1. The first-order valence-electron chi connectivity index (χ1n) is 13.2. The molecule has 5 rings (SSSR count). The Bertz CT molecular complexity index is 1420. The Morgan fingerprint density at radius 2 is 1.68 bits per heavy atom. The van der Waals surface area contributed by atoms with Crippen molar-refractivity contribution in [2.45, 2.75) is 33.6 Å². The fourth-order valence-electron chi connectivity index (χ4n) is 5.14. The molecular formula is C33H36N2O5. The quantitative estimate of drug-likeness (QED) is 0.271. The van der Waals surface area contributed by atoms with Crippen molar-refractivity contribution >= 4 is 11.9 Å². The van der Waals surface area contributed by atoms with Gasteiger partial charge in [-0.05, 0) is 54.7 Å². The van der Waals surface area contributed by atoms with E-state index in [0.717, 1.165) is 33.9 Å². The number of hydrogen-bond acceptors (Lipinski definition) is 5. The van der Waals surface area contributed by atoms with E-state index in [4.69, 9.17) is 9.15 Å². The Hall–Kier alpha value is -4.39. The summed E-state index contributed by atoms with van der Waals surface area (Å²) in [6.45, 7) is 3.02. The summed E-state index contributed by atoms with van der Waals surface area (Å²) in [6.07, 6.45) is 1.45. The minimum Gasteiger partial charge on any atom is -0.493 e. The average Bonchev–Trinajstić information content (AvgIpc) is 3.54. The number of aryl methyl sites for hydroxylation is 1. The topological polar surface area (TPSA) is 92.9 Å². The van der Waals surface area contributed by atoms with Crippen molar-refractivity contribution in [3.05, 3.63) is 108 Å². The summed E-state index contributed by atoms with van der Waals surface area (Å²) in [7, 11) is 0. The molecule has 0 bridgehead atoms. The second-order valence-corrected chi connectivity index (χ2v) is 10.0. The third-order valence-electron chi connectivity index (χ3n) is 7.23. The van der Waals surface area contributed by atoms with Gasteiger partial charge in [0.15, 0.2) is 0 Å². The highest BCUT2D eigenvalue weighted by molar-refractivity contribution is 5.81. The number of oxazole rings is 1. The molecule has 208 valence electrons. The normalized spacial score (nSPS) is 16.4. The predicted octanol–water partition coefficient (Wildman–Crippen LogP) is 5.85. The van der Waals surface area contributed by atoms with Gasteiger partial charge in [0.2, 0.25) is 11.8 Å². The molecule has 0 saturated carbocycles. The zero-order valence-electron chi connectivity index (χ0n) is 22.0. The van der Waals surface area contributed by atoms with Crippen LogP contribution in [0.1, 0.15) is 30.0 Å². The van der Waals surface area contributed by atoms with E-state index in [0.29, 0.717) is 31.9 Å². The smallest absolute Gasteiger partial charge is 0.308 e. The maximum Gasteiger partial charge on any atom is 0.308 e. The molecule has 1 aliphatic rings. The number of likely N-dealkylation sites (tertiary alicyclic amines) is 1. The number of carboxylic acid groups (broad SMARTS) is 1. The lowest BCUT2D eigenvalue weighted by atomic mass is 9.90. The molecule has 0 radical (unpaired) electrons. The molecule has 1 amide bonds. The van der Waals surface area contributed by atoms with Crippen LogP contribution >= 0.6 is 0 Å². The highest BCUT2D eigenvalue weighted by atomic mass is 16.5. The molecule has 7 heteroatoms. The molecule has 1 aliphatic heterocycles. The van der Waals surface area contributed by atoms with Gasteiger partial charge in [0, 0.05) is 25.1 Å². The number of aromatic nitrogens is 1. The fraction of sp³-hybridized carbons (Fsp3) is 0.303. The Morgan fingerprint density at radius 1 is 0.975 bits per heavy atom. The van der Waals surface area contributed by atoms with Crippen molar-refractivity contribution in [3.8, 4) is 17.2 Å². The van der Waals surface area contributed by atoms with E-state index in [2.05, 4.69) is 4.98 Å². The summed E-state index contributed by atoms with van der Waals surface area (Å²) in [4.78, 5) is 31.2. The molecule has 0 spiro atoms. The SMILES string of the molecule is C.Cc1oc(-c2ccccc2)nc1CCOc1cccc(C[C@@H]2CN(C(=O)Cc3ccccc3)C[C@@H]2C(=O)O)c1. The number of carbonyl (C=O) groups excluding carboxylic acids is 1. The van der Waals surface area contributed by atoms with Crippen LogP contribution in [-0.4, -0.2) is 46.6 Å². The Labute approximate surface area is 235 Å². The van der Waals surface area contributed by atoms with Crippen LogP contribution in [0.2, 0.25) is 0 Å². The summed E-state index contributed by atoms with van der Waals surface area (Å²) in [6, 6.07) is 27.1. The van der Waals surface area contributed by atoms with Crippen molar-refractivity contribution < 1.29 is 23.8 Å². The van der Waals surface area contributed by atoms with Crippen molar-refractivity contribution in [1.29, 1.82) is 0 Å². The van der Waals surface area contributed by atoms with Gasteiger partial charge in [-0.25, -0.2) is 4.98 Å². The van der Waals surface area contributed by atoms with E-state index in [1.807, 2.05) is 91.9 Å². The molecule has 1 fully saturated rings. The first-order valence-corrected chi connectivity index (χ1v) is 13.2. The Balaban J connectivity index is 0.00000370. The highest BCUT2D eigenvalue weighted by Gasteiger charge is 2.39. The number of benzene rings is 3. The molecule has 40 heavy (non-hydrogen) atoms. The van der Waals surface area contributed by atoms with Crippen LogP contribution in [0, 0.1) is 18.8 Å². The van der Waals surface area contributed by atoms with E-state index < -0.39 is 11.9 Å². The average molecular weight is 541 g/mol. The van der Waals surface area contributed by atoms with Gasteiger partial charge in [-0.3, -0.25) is 9.59 Å². The van der Waals surface area contributed by atoms with Gasteiger partial charge in [0.05, 0.1) is 24.6 Å². The number of amides is 1. The van der Waals surface area contributed by atoms with Crippen molar-refractivity contribution in [2.75, 3.05) is 19.7 Å². The third kappa shape index (κ3) is 6.97. The largest absolute Gasteiger partial charge is 0.493 e. The second-order valence-electron chi connectivity index (χ2n) is 10.0. The minimum atomic E-state index is -0.861. The zero-order valence-corrected chi connectivity index (χ0v) is 22.0. The van der Waals surface area contributed by atoms with Gasteiger partial charge in [0.25, 0.3) is 0 Å². The Kier molecular flexibility index (Phi) is 9.38. The fourth-order valence-corrected chi connectivity index (χ4v) is 5.14. The molecular weight excluding hydrogens is 504 g/mol. The van der Waals surface area contributed by atoms with Gasteiger partial charge in [-0.2, -0.15) is 0 Å². The van der Waals surface area contributed by atoms with E-state index >= 15 is 0 Å². The number of ether oxygens (including phenoxy) is 1. The molecule has 2 heterocycles. The van der Waals surface area contributed by atoms with Crippen LogP contribution in [0.15, 0.2) is 89.3 Å². The summed E-state index contributed by atoms with van der Waals surface area (Å²) in [5.41, 5.74) is 3.72. The van der Waals surface area contributed by atoms with Crippen LogP contribution in [-0.2, 0) is 28.9 Å². The lowest BCUT2D eigenvalue weighted by molar-refractivity contribution is -0.142. The number of carbonyl (C=O) groups is 2. The molecule has 0 aliphatic carbocycles. The van der Waals surface area contributed by atoms with E-state index in [-0.39, 0.29) is 32.2 Å². The highest BCUT2D eigenvalue weighted by Crippen LogP contribution is 2.29. The first-order chi connectivity index (χ1) is 19.0. The maximum absolute atomic E-state index is 12.9. The van der Waals surface area contributed by atoms with Gasteiger partial charge in [0.1, 0.15) is 11.5 Å². The van der Waals surface area contributed by atoms with Gasteiger partial charge >= 0.3 is 5.97 Å². The van der Waals surface area contributed by atoms with Crippen LogP contribution in [0.3, 0.4) is 0 Å². The molecule has 2 atom stereocenters. The minimum absolute atomic E-state index is 0. The van der Waals surface area contributed by atoms with Gasteiger partial charge < -0.3 is 19.2 Å². The molecule has 4 aromatic rings. The van der Waals surface area contributed by atoms with Crippen LogP contribution in [0.25, 0.3) is 11.5 Å². The lowest BCUT2D eigenvalue weighted by Crippen LogP contribution is -2.31. The lowest BCUT2D eigenvalue weighted by Gasteiger charge is -2.17. The summed E-state index contributed by atoms with van der Waals surface area (Å²) in [5, 5.41) is 9.85. The number of nitrogens with zero attached hydrogens (tertiary/aromatic N) is 2. The summed E-state index contributed by atoms with van der Waals surface area (Å²) >= 11 is 0. The number of aliphatic carboxylic acids is 1. The molecule has 1 N–H and O–H groups in total. The molecule has 7 nitrogen and oxygen atoms in total. The molecule has 1 saturated heterocycles. The zero-order chi connectivity index (χ0) is 27.2. The second kappa shape index (κ2) is 13.1. The monoisotopic (exact) mass is 540 g/mol. The van der Waals surface area contributed by atoms with Crippen LogP contribution in [0.5, 0.6) is 5.75 Å². The van der Waals surface area contributed by atoms with E-state index in [1.54, 1.807) is 4.90 Å². The molecule has 3 aromatic carbocycles. The first kappa shape index (κ1) is 28.6. The van der Waals surface area contributed by atoms with Gasteiger partial charge in [-0.15, -0.1) is 0 Å². The maximum atomic E-state index is 12.9. The summed E-state index contributed by atoms with van der Waals surface area (Å²) < 4.78 is 11.9. The van der Waals surface area contributed by atoms with Crippen molar-refractivity contribution in [1.82, 2.24) is 9.88 Å². The number of carboxylic acids is 1. The Morgan fingerprint density at radius 3 is 2.40 bits per heavy atom. The predicted molar refractivity (Wildman–Crippen MR) is 154 cm³/mol. The molecule has 0 unspecified atom stereocenters. The van der Waals surface area contributed by atoms with E-state index in [1.165, 1.54) is 0 Å². The standard InChI is InChI=1S/C32H32N2O5.CH4/c1-22-29(33-31(39-22)25-12-6-3-7-13-25)15-16-38-27-14-8-11-24(18-27)17-26-20-34(21-28(26)32(36)37)30(35)19-23-9-4-2-5-10-23;/h2-14,18,26,28H,15-17,19-21H2,1H3,(H,36,37);1H4/t26-,28+;/m1./s1. The van der Waals surface area contributed by atoms with Crippen molar-refractivity contribution in [2.24, 2.45) is 11.8 Å². The summed E-state index contributed by atoms with van der Waals surface area (Å²) in [5.74, 6) is 0.448. The van der Waals surface area contributed by atoms with E-state index in [9.17, 15) is 14.7 Å². The number of rotatable bonds is 10. The van der Waals surface area contributed by atoms with Gasteiger partial charge in [-0.1, -0.05) is 68.1 Å².